The first-order chi connectivity index (χ1) is 15.0. The Bertz CT molecular complexity index is 1220. The van der Waals surface area contributed by atoms with E-state index in [1.165, 1.54) is 15.7 Å². The molecule has 1 amide bonds. The molecule has 11 heteroatoms. The van der Waals surface area contributed by atoms with Crippen molar-refractivity contribution in [2.75, 3.05) is 11.9 Å². The molecule has 10 nitrogen and oxygen atoms in total. The zero-order valence-corrected chi connectivity index (χ0v) is 17.0. The number of ether oxygens (including phenoxy) is 1. The molecule has 4 rings (SSSR count). The number of anilines is 1. The molecule has 2 heterocycles. The lowest BCUT2D eigenvalue weighted by Crippen LogP contribution is -2.22. The molecule has 156 valence electrons. The number of para-hydroxylation sites is 1. The first kappa shape index (κ1) is 20.2. The SMILES string of the molecule is Cn1nc(-c2ccc(Cl)cc2)cc1NC(=O)COC(=O)c1ccccc1-n1cnnn1. The Morgan fingerprint density at radius 1 is 1.13 bits per heavy atom. The van der Waals surface area contributed by atoms with E-state index in [1.54, 1.807) is 49.5 Å². The van der Waals surface area contributed by atoms with Gasteiger partial charge in [0.05, 0.1) is 16.9 Å². The first-order valence-corrected chi connectivity index (χ1v) is 9.48. The van der Waals surface area contributed by atoms with Crippen LogP contribution in [0.25, 0.3) is 16.9 Å². The van der Waals surface area contributed by atoms with Crippen LogP contribution >= 0.6 is 11.6 Å². The Kier molecular flexibility index (Phi) is 5.72. The van der Waals surface area contributed by atoms with Gasteiger partial charge >= 0.3 is 5.97 Å². The summed E-state index contributed by atoms with van der Waals surface area (Å²) in [6.45, 7) is -0.468. The summed E-state index contributed by atoms with van der Waals surface area (Å²) in [6.07, 6.45) is 1.36. The molecule has 1 N–H and O–H groups in total. The summed E-state index contributed by atoms with van der Waals surface area (Å²) >= 11 is 5.91. The zero-order valence-electron chi connectivity index (χ0n) is 16.3. The number of hydrogen-bond donors (Lipinski definition) is 1. The number of aromatic nitrogens is 6. The second-order valence-electron chi connectivity index (χ2n) is 6.44. The molecule has 0 aliphatic carbocycles. The quantitative estimate of drug-likeness (QED) is 0.460. The van der Waals surface area contributed by atoms with Crippen molar-refractivity contribution in [2.45, 2.75) is 0 Å². The van der Waals surface area contributed by atoms with Crippen molar-refractivity contribution in [1.29, 1.82) is 0 Å². The number of halogens is 1. The molecular formula is C20H16ClN7O3. The van der Waals surface area contributed by atoms with Crippen LogP contribution in [0.3, 0.4) is 0 Å². The van der Waals surface area contributed by atoms with E-state index >= 15 is 0 Å². The number of benzene rings is 2. The van der Waals surface area contributed by atoms with E-state index in [1.807, 2.05) is 12.1 Å². The minimum atomic E-state index is -0.673. The van der Waals surface area contributed by atoms with Crippen molar-refractivity contribution < 1.29 is 14.3 Å². The summed E-state index contributed by atoms with van der Waals surface area (Å²) in [6, 6.07) is 15.6. The van der Waals surface area contributed by atoms with Crippen molar-refractivity contribution in [1.82, 2.24) is 30.0 Å². The molecule has 0 unspecified atom stereocenters. The number of carbonyl (C=O) groups excluding carboxylic acids is 2. The van der Waals surface area contributed by atoms with Gasteiger partial charge in [-0.2, -0.15) is 9.78 Å². The van der Waals surface area contributed by atoms with Crippen LogP contribution in [-0.2, 0) is 16.6 Å². The van der Waals surface area contributed by atoms with Crippen LogP contribution in [0.1, 0.15) is 10.4 Å². The van der Waals surface area contributed by atoms with E-state index in [0.717, 1.165) is 5.56 Å². The monoisotopic (exact) mass is 437 g/mol. The van der Waals surface area contributed by atoms with Gasteiger partial charge in [0.15, 0.2) is 6.61 Å². The third kappa shape index (κ3) is 4.59. The highest BCUT2D eigenvalue weighted by atomic mass is 35.5. The maximum atomic E-state index is 12.5. The molecule has 0 bridgehead atoms. The number of carbonyl (C=O) groups is 2. The summed E-state index contributed by atoms with van der Waals surface area (Å²) < 4.78 is 8.03. The molecule has 2 aromatic carbocycles. The third-order valence-electron chi connectivity index (χ3n) is 4.34. The standard InChI is InChI=1S/C20H16ClN7O3/c1-27-18(10-16(24-27)13-6-8-14(21)9-7-13)23-19(29)11-31-20(30)15-4-2-3-5-17(15)28-12-22-25-26-28/h2-10,12H,11H2,1H3,(H,23,29). The van der Waals surface area contributed by atoms with Gasteiger partial charge < -0.3 is 10.1 Å². The van der Waals surface area contributed by atoms with E-state index in [0.29, 0.717) is 22.2 Å². The van der Waals surface area contributed by atoms with Gasteiger partial charge in [0.1, 0.15) is 12.1 Å². The van der Waals surface area contributed by atoms with Crippen LogP contribution in [0, 0.1) is 0 Å². The number of amides is 1. The van der Waals surface area contributed by atoms with Crippen LogP contribution in [0.4, 0.5) is 5.82 Å². The van der Waals surface area contributed by atoms with Crippen molar-refractivity contribution >= 4 is 29.3 Å². The van der Waals surface area contributed by atoms with Gasteiger partial charge in [0.2, 0.25) is 0 Å². The maximum Gasteiger partial charge on any atom is 0.340 e. The number of tetrazole rings is 1. The van der Waals surface area contributed by atoms with Gasteiger partial charge in [0, 0.05) is 23.7 Å². The minimum absolute atomic E-state index is 0.230. The summed E-state index contributed by atoms with van der Waals surface area (Å²) in [7, 11) is 1.70. The second kappa shape index (κ2) is 8.76. The molecule has 0 aliphatic heterocycles. The average molecular weight is 438 g/mol. The molecule has 2 aromatic heterocycles. The summed E-state index contributed by atoms with van der Waals surface area (Å²) in [5.41, 5.74) is 2.19. The van der Waals surface area contributed by atoms with E-state index in [9.17, 15) is 9.59 Å². The molecule has 4 aromatic rings. The Morgan fingerprint density at radius 3 is 2.65 bits per heavy atom. The third-order valence-corrected chi connectivity index (χ3v) is 4.59. The van der Waals surface area contributed by atoms with Crippen molar-refractivity contribution in [3.63, 3.8) is 0 Å². The predicted molar refractivity (Wildman–Crippen MR) is 112 cm³/mol. The molecule has 0 saturated carbocycles. The van der Waals surface area contributed by atoms with E-state index in [2.05, 4.69) is 25.9 Å². The normalized spacial score (nSPS) is 10.6. The minimum Gasteiger partial charge on any atom is -0.452 e. The van der Waals surface area contributed by atoms with Gasteiger partial charge in [-0.15, -0.1) is 5.10 Å². The molecular weight excluding hydrogens is 422 g/mol. The molecule has 0 atom stereocenters. The number of nitrogens with one attached hydrogen (secondary N) is 1. The lowest BCUT2D eigenvalue weighted by molar-refractivity contribution is -0.119. The van der Waals surface area contributed by atoms with Crippen molar-refractivity contribution in [3.8, 4) is 16.9 Å². The Morgan fingerprint density at radius 2 is 1.90 bits per heavy atom. The second-order valence-corrected chi connectivity index (χ2v) is 6.88. The summed E-state index contributed by atoms with van der Waals surface area (Å²) in [5.74, 6) is -0.716. The largest absolute Gasteiger partial charge is 0.452 e. The highest BCUT2D eigenvalue weighted by Gasteiger charge is 2.17. The fraction of sp³-hybridized carbons (Fsp3) is 0.100. The number of aryl methyl sites for hydroxylation is 1. The van der Waals surface area contributed by atoms with Crippen LogP contribution in [-0.4, -0.2) is 48.5 Å². The fourth-order valence-electron chi connectivity index (χ4n) is 2.85. The fourth-order valence-corrected chi connectivity index (χ4v) is 2.98. The lowest BCUT2D eigenvalue weighted by atomic mass is 10.1. The predicted octanol–water partition coefficient (Wildman–Crippen LogP) is 2.51. The Hall–Kier alpha value is -4.05. The van der Waals surface area contributed by atoms with E-state index in [-0.39, 0.29) is 5.56 Å². The topological polar surface area (TPSA) is 117 Å². The number of esters is 1. The summed E-state index contributed by atoms with van der Waals surface area (Å²) in [4.78, 5) is 24.8. The van der Waals surface area contributed by atoms with Crippen LogP contribution < -0.4 is 5.32 Å². The van der Waals surface area contributed by atoms with E-state index in [4.69, 9.17) is 16.3 Å². The van der Waals surface area contributed by atoms with Crippen LogP contribution in [0.5, 0.6) is 0 Å². The lowest BCUT2D eigenvalue weighted by Gasteiger charge is -2.09. The Balaban J connectivity index is 1.40. The number of rotatable bonds is 6. The van der Waals surface area contributed by atoms with Gasteiger partial charge in [-0.05, 0) is 34.7 Å². The summed E-state index contributed by atoms with van der Waals surface area (Å²) in [5, 5.41) is 18.6. The maximum absolute atomic E-state index is 12.5. The zero-order chi connectivity index (χ0) is 21.8. The average Bonchev–Trinajstić information content (AvgIpc) is 3.43. The van der Waals surface area contributed by atoms with Crippen LogP contribution in [0.2, 0.25) is 5.02 Å². The molecule has 0 saturated heterocycles. The molecule has 0 spiro atoms. The van der Waals surface area contributed by atoms with Gasteiger partial charge in [-0.3, -0.25) is 9.48 Å². The molecule has 0 fully saturated rings. The number of nitrogens with zero attached hydrogens (tertiary/aromatic N) is 6. The molecule has 0 aliphatic rings. The smallest absolute Gasteiger partial charge is 0.340 e. The number of hydrogen-bond acceptors (Lipinski definition) is 7. The van der Waals surface area contributed by atoms with Gasteiger partial charge in [-0.25, -0.2) is 4.79 Å². The van der Waals surface area contributed by atoms with Gasteiger partial charge in [0.25, 0.3) is 5.91 Å². The van der Waals surface area contributed by atoms with Crippen molar-refractivity contribution in [3.05, 3.63) is 71.5 Å². The molecule has 31 heavy (non-hydrogen) atoms. The van der Waals surface area contributed by atoms with Gasteiger partial charge in [-0.1, -0.05) is 35.9 Å². The molecule has 0 radical (unpaired) electrons. The van der Waals surface area contributed by atoms with Crippen molar-refractivity contribution in [2.24, 2.45) is 7.05 Å². The first-order valence-electron chi connectivity index (χ1n) is 9.10. The highest BCUT2D eigenvalue weighted by Crippen LogP contribution is 2.23. The van der Waals surface area contributed by atoms with E-state index < -0.39 is 18.5 Å². The van der Waals surface area contributed by atoms with Crippen LogP contribution in [0.15, 0.2) is 60.9 Å². The highest BCUT2D eigenvalue weighted by molar-refractivity contribution is 6.30. The Labute approximate surface area is 181 Å².